The molecule has 1 unspecified atom stereocenters. The predicted octanol–water partition coefficient (Wildman–Crippen LogP) is 2.45. The van der Waals surface area contributed by atoms with E-state index in [9.17, 15) is 4.79 Å². The predicted molar refractivity (Wildman–Crippen MR) is 140 cm³/mol. The third-order valence-corrected chi connectivity index (χ3v) is 5.30. The second kappa shape index (κ2) is 13.2. The third-order valence-electron chi connectivity index (χ3n) is 5.30. The van der Waals surface area contributed by atoms with Crippen molar-refractivity contribution in [2.45, 2.75) is 52.2 Å². The van der Waals surface area contributed by atoms with Crippen LogP contribution in [0.2, 0.25) is 0 Å². The standard InChI is InChI=1S/C23H40N6O.HI/c1-18(2)26-21(30)16-28-12-14-29(15-13-28)22(24-6)25-17-23(4,5)27-19(3)20-10-8-7-9-11-20;/h7-11,18-19,27H,12-17H2,1-6H3,(H,24,25)(H,26,30);1H. The number of amides is 1. The molecule has 1 aliphatic heterocycles. The summed E-state index contributed by atoms with van der Waals surface area (Å²) in [6.07, 6.45) is 0. The van der Waals surface area contributed by atoms with Gasteiger partial charge in [-0.2, -0.15) is 0 Å². The van der Waals surface area contributed by atoms with Crippen molar-refractivity contribution in [2.24, 2.45) is 4.99 Å². The molecule has 8 heteroatoms. The lowest BCUT2D eigenvalue weighted by atomic mass is 10.0. The molecule has 0 bridgehead atoms. The van der Waals surface area contributed by atoms with Crippen LogP contribution in [0.15, 0.2) is 35.3 Å². The van der Waals surface area contributed by atoms with Crippen molar-refractivity contribution in [3.8, 4) is 0 Å². The molecule has 0 spiro atoms. The summed E-state index contributed by atoms with van der Waals surface area (Å²) in [5.74, 6) is 1.02. The first-order valence-corrected chi connectivity index (χ1v) is 11.0. The Kier molecular flexibility index (Phi) is 11.8. The largest absolute Gasteiger partial charge is 0.354 e. The summed E-state index contributed by atoms with van der Waals surface area (Å²) in [5.41, 5.74) is 1.19. The Morgan fingerprint density at radius 2 is 1.71 bits per heavy atom. The number of nitrogens with zero attached hydrogens (tertiary/aromatic N) is 3. The number of rotatable bonds is 8. The van der Waals surface area contributed by atoms with E-state index in [0.717, 1.165) is 38.7 Å². The van der Waals surface area contributed by atoms with Crippen LogP contribution >= 0.6 is 24.0 Å². The van der Waals surface area contributed by atoms with E-state index in [0.29, 0.717) is 6.54 Å². The first-order chi connectivity index (χ1) is 14.2. The molecule has 31 heavy (non-hydrogen) atoms. The molecule has 1 saturated heterocycles. The maximum Gasteiger partial charge on any atom is 0.234 e. The van der Waals surface area contributed by atoms with Gasteiger partial charge in [0.1, 0.15) is 0 Å². The van der Waals surface area contributed by atoms with Gasteiger partial charge in [0.05, 0.1) is 6.54 Å². The minimum absolute atomic E-state index is 0. The highest BCUT2D eigenvalue weighted by molar-refractivity contribution is 14.0. The summed E-state index contributed by atoms with van der Waals surface area (Å²) < 4.78 is 0. The van der Waals surface area contributed by atoms with E-state index < -0.39 is 0 Å². The Balaban J connectivity index is 0.00000480. The van der Waals surface area contributed by atoms with Crippen LogP contribution in [0.1, 0.15) is 46.2 Å². The number of carbonyl (C=O) groups excluding carboxylic acids is 1. The zero-order valence-electron chi connectivity index (χ0n) is 19.9. The molecule has 1 atom stereocenters. The zero-order valence-corrected chi connectivity index (χ0v) is 22.3. The molecule has 1 aromatic rings. The fraction of sp³-hybridized carbons (Fsp3) is 0.652. The Bertz CT molecular complexity index is 687. The minimum Gasteiger partial charge on any atom is -0.354 e. The maximum absolute atomic E-state index is 12.0. The van der Waals surface area contributed by atoms with Crippen molar-refractivity contribution in [2.75, 3.05) is 46.3 Å². The van der Waals surface area contributed by atoms with Crippen LogP contribution < -0.4 is 16.0 Å². The molecule has 1 fully saturated rings. The average molecular weight is 545 g/mol. The van der Waals surface area contributed by atoms with Gasteiger partial charge >= 0.3 is 0 Å². The summed E-state index contributed by atoms with van der Waals surface area (Å²) in [6, 6.07) is 11.0. The minimum atomic E-state index is -0.0953. The Morgan fingerprint density at radius 1 is 1.10 bits per heavy atom. The molecular formula is C23H41IN6O. The lowest BCUT2D eigenvalue weighted by molar-refractivity contribution is -0.123. The molecule has 1 aliphatic rings. The van der Waals surface area contributed by atoms with E-state index in [-0.39, 0.29) is 47.5 Å². The van der Waals surface area contributed by atoms with Gasteiger partial charge in [0.2, 0.25) is 5.91 Å². The number of carbonyl (C=O) groups is 1. The summed E-state index contributed by atoms with van der Waals surface area (Å²) in [4.78, 5) is 20.9. The molecule has 2 rings (SSSR count). The fourth-order valence-electron chi connectivity index (χ4n) is 3.78. The Hall–Kier alpha value is -1.39. The topological polar surface area (TPSA) is 72.0 Å². The van der Waals surface area contributed by atoms with Crippen LogP contribution in [0.4, 0.5) is 0 Å². The highest BCUT2D eigenvalue weighted by Gasteiger charge is 2.24. The fourth-order valence-corrected chi connectivity index (χ4v) is 3.78. The quantitative estimate of drug-likeness (QED) is 0.267. The summed E-state index contributed by atoms with van der Waals surface area (Å²) in [5, 5.41) is 10.2. The lowest BCUT2D eigenvalue weighted by Crippen LogP contribution is -2.57. The van der Waals surface area contributed by atoms with Crippen LogP contribution in [0.3, 0.4) is 0 Å². The van der Waals surface area contributed by atoms with E-state index in [1.807, 2.05) is 27.0 Å². The number of aliphatic imine (C=N–C) groups is 1. The molecule has 1 heterocycles. The van der Waals surface area contributed by atoms with Gasteiger partial charge in [0, 0.05) is 57.4 Å². The van der Waals surface area contributed by atoms with Gasteiger partial charge in [0.25, 0.3) is 0 Å². The molecule has 1 amide bonds. The van der Waals surface area contributed by atoms with Crippen LogP contribution in [0.5, 0.6) is 0 Å². The smallest absolute Gasteiger partial charge is 0.234 e. The second-order valence-electron chi connectivity index (χ2n) is 9.05. The van der Waals surface area contributed by atoms with E-state index in [4.69, 9.17) is 0 Å². The Morgan fingerprint density at radius 3 is 2.26 bits per heavy atom. The van der Waals surface area contributed by atoms with Crippen molar-refractivity contribution < 1.29 is 4.79 Å². The molecule has 0 aromatic heterocycles. The molecule has 1 aromatic carbocycles. The van der Waals surface area contributed by atoms with Crippen LogP contribution in [0.25, 0.3) is 0 Å². The number of benzene rings is 1. The van der Waals surface area contributed by atoms with Crippen molar-refractivity contribution in [3.63, 3.8) is 0 Å². The number of halogens is 1. The SMILES string of the molecule is CN=C(NCC(C)(C)NC(C)c1ccccc1)N1CCN(CC(=O)NC(C)C)CC1.I. The first-order valence-electron chi connectivity index (χ1n) is 11.0. The van der Waals surface area contributed by atoms with Crippen molar-refractivity contribution in [3.05, 3.63) is 35.9 Å². The molecule has 176 valence electrons. The lowest BCUT2D eigenvalue weighted by Gasteiger charge is -2.38. The normalized spacial score (nSPS) is 16.6. The first kappa shape index (κ1) is 27.6. The van der Waals surface area contributed by atoms with Crippen molar-refractivity contribution in [1.29, 1.82) is 0 Å². The van der Waals surface area contributed by atoms with Gasteiger partial charge in [-0.1, -0.05) is 30.3 Å². The van der Waals surface area contributed by atoms with Crippen LogP contribution in [0, 0.1) is 0 Å². The molecule has 3 N–H and O–H groups in total. The monoisotopic (exact) mass is 544 g/mol. The highest BCUT2D eigenvalue weighted by atomic mass is 127. The zero-order chi connectivity index (χ0) is 22.1. The molecule has 0 radical (unpaired) electrons. The van der Waals surface area contributed by atoms with Gasteiger partial charge < -0.3 is 20.9 Å². The highest BCUT2D eigenvalue weighted by Crippen LogP contribution is 2.16. The Labute approximate surface area is 205 Å². The third kappa shape index (κ3) is 9.74. The van der Waals surface area contributed by atoms with Gasteiger partial charge in [-0.3, -0.25) is 14.7 Å². The van der Waals surface area contributed by atoms with E-state index in [1.54, 1.807) is 0 Å². The van der Waals surface area contributed by atoms with Crippen LogP contribution in [-0.2, 0) is 4.79 Å². The van der Waals surface area contributed by atoms with Gasteiger partial charge in [-0.05, 0) is 40.2 Å². The molecular weight excluding hydrogens is 503 g/mol. The number of guanidine groups is 1. The molecule has 0 aliphatic carbocycles. The van der Waals surface area contributed by atoms with Crippen LogP contribution in [-0.4, -0.2) is 79.6 Å². The number of hydrogen-bond donors (Lipinski definition) is 3. The summed E-state index contributed by atoms with van der Waals surface area (Å²) in [6.45, 7) is 15.3. The second-order valence-corrected chi connectivity index (χ2v) is 9.05. The summed E-state index contributed by atoms with van der Waals surface area (Å²) >= 11 is 0. The van der Waals surface area contributed by atoms with E-state index in [2.05, 4.69) is 75.8 Å². The summed E-state index contributed by atoms with van der Waals surface area (Å²) in [7, 11) is 1.83. The number of hydrogen-bond acceptors (Lipinski definition) is 4. The molecule has 0 saturated carbocycles. The van der Waals surface area contributed by atoms with Gasteiger partial charge in [-0.15, -0.1) is 24.0 Å². The van der Waals surface area contributed by atoms with E-state index in [1.165, 1.54) is 5.56 Å². The number of nitrogens with one attached hydrogen (secondary N) is 3. The maximum atomic E-state index is 12.0. The molecule has 7 nitrogen and oxygen atoms in total. The van der Waals surface area contributed by atoms with Crippen molar-refractivity contribution >= 4 is 35.8 Å². The van der Waals surface area contributed by atoms with Gasteiger partial charge in [-0.25, -0.2) is 0 Å². The van der Waals surface area contributed by atoms with E-state index >= 15 is 0 Å². The van der Waals surface area contributed by atoms with Crippen molar-refractivity contribution in [1.82, 2.24) is 25.8 Å². The average Bonchev–Trinajstić information content (AvgIpc) is 2.69. The van der Waals surface area contributed by atoms with Gasteiger partial charge in [0.15, 0.2) is 5.96 Å². The number of piperazine rings is 1.